The van der Waals surface area contributed by atoms with Crippen molar-refractivity contribution in [3.8, 4) is 0 Å². The third-order valence-corrected chi connectivity index (χ3v) is 2.45. The number of rotatable bonds is 9. The van der Waals surface area contributed by atoms with Gasteiger partial charge in [0.05, 0.1) is 19.8 Å². The molecule has 0 saturated heterocycles. The van der Waals surface area contributed by atoms with E-state index in [0.717, 1.165) is 45.8 Å². The lowest BCUT2D eigenvalue weighted by Crippen LogP contribution is -2.22. The van der Waals surface area contributed by atoms with Gasteiger partial charge < -0.3 is 19.5 Å². The summed E-state index contributed by atoms with van der Waals surface area (Å²) in [6.07, 6.45) is 4.29. The fraction of sp³-hybridized carbons (Fsp3) is 0.833. The van der Waals surface area contributed by atoms with Crippen LogP contribution in [0.4, 0.5) is 0 Å². The first kappa shape index (κ1) is 13.6. The normalized spacial score (nSPS) is 16.2. The highest BCUT2D eigenvalue weighted by atomic mass is 16.5. The van der Waals surface area contributed by atoms with Crippen molar-refractivity contribution < 1.29 is 14.2 Å². The van der Waals surface area contributed by atoms with E-state index >= 15 is 0 Å². The second-order valence-corrected chi connectivity index (χ2v) is 3.83. The van der Waals surface area contributed by atoms with Crippen LogP contribution in [0.15, 0.2) is 11.6 Å². The maximum absolute atomic E-state index is 5.57. The minimum Gasteiger partial charge on any atom is -0.382 e. The minimum absolute atomic E-state index is 0.667. The fourth-order valence-corrected chi connectivity index (χ4v) is 1.51. The molecule has 0 fully saturated rings. The quantitative estimate of drug-likeness (QED) is 0.472. The van der Waals surface area contributed by atoms with Gasteiger partial charge >= 0.3 is 0 Å². The van der Waals surface area contributed by atoms with Crippen LogP contribution in [0.3, 0.4) is 0 Å². The van der Waals surface area contributed by atoms with E-state index in [4.69, 9.17) is 14.2 Å². The average Bonchev–Trinajstić information content (AvgIpc) is 2.34. The lowest BCUT2D eigenvalue weighted by molar-refractivity contribution is 0.0542. The van der Waals surface area contributed by atoms with Gasteiger partial charge in [-0.25, -0.2) is 0 Å². The lowest BCUT2D eigenvalue weighted by Gasteiger charge is -2.14. The molecule has 0 radical (unpaired) electrons. The lowest BCUT2D eigenvalue weighted by atomic mass is 10.1. The van der Waals surface area contributed by atoms with E-state index in [1.54, 1.807) is 7.11 Å². The summed E-state index contributed by atoms with van der Waals surface area (Å²) in [5.41, 5.74) is 1.42. The molecule has 4 nitrogen and oxygen atoms in total. The highest BCUT2D eigenvalue weighted by molar-refractivity contribution is 5.06. The second-order valence-electron chi connectivity index (χ2n) is 3.83. The maximum Gasteiger partial charge on any atom is 0.0700 e. The number of hydrogen-bond acceptors (Lipinski definition) is 4. The van der Waals surface area contributed by atoms with Crippen molar-refractivity contribution in [1.82, 2.24) is 5.32 Å². The number of nitrogens with one attached hydrogen (secondary N) is 1. The van der Waals surface area contributed by atoms with Gasteiger partial charge in [-0.3, -0.25) is 0 Å². The highest BCUT2D eigenvalue weighted by Crippen LogP contribution is 2.04. The Labute approximate surface area is 97.9 Å². The van der Waals surface area contributed by atoms with Crippen molar-refractivity contribution in [3.63, 3.8) is 0 Å². The molecule has 0 aromatic carbocycles. The van der Waals surface area contributed by atoms with Gasteiger partial charge in [-0.05, 0) is 25.0 Å². The van der Waals surface area contributed by atoms with E-state index in [-0.39, 0.29) is 0 Å². The van der Waals surface area contributed by atoms with Gasteiger partial charge in [0.15, 0.2) is 0 Å². The van der Waals surface area contributed by atoms with Gasteiger partial charge in [0, 0.05) is 26.9 Å². The van der Waals surface area contributed by atoms with Gasteiger partial charge in [-0.1, -0.05) is 6.08 Å². The van der Waals surface area contributed by atoms with Crippen molar-refractivity contribution in [2.75, 3.05) is 53.2 Å². The Morgan fingerprint density at radius 3 is 2.81 bits per heavy atom. The molecule has 0 amide bonds. The fourth-order valence-electron chi connectivity index (χ4n) is 1.51. The molecule has 0 aromatic rings. The SMILES string of the molecule is COCCOCCCOCC1=CCNCC1. The predicted molar refractivity (Wildman–Crippen MR) is 63.7 cm³/mol. The molecule has 1 aliphatic heterocycles. The molecule has 94 valence electrons. The Kier molecular flexibility index (Phi) is 8.34. The van der Waals surface area contributed by atoms with Crippen molar-refractivity contribution in [2.45, 2.75) is 12.8 Å². The monoisotopic (exact) mass is 229 g/mol. The molecule has 1 aliphatic rings. The summed E-state index contributed by atoms with van der Waals surface area (Å²) in [5, 5.41) is 3.28. The Morgan fingerprint density at radius 2 is 2.06 bits per heavy atom. The van der Waals surface area contributed by atoms with Gasteiger partial charge in [0.1, 0.15) is 0 Å². The van der Waals surface area contributed by atoms with Gasteiger partial charge in [0.2, 0.25) is 0 Å². The van der Waals surface area contributed by atoms with Crippen molar-refractivity contribution in [1.29, 1.82) is 0 Å². The topological polar surface area (TPSA) is 39.7 Å². The summed E-state index contributed by atoms with van der Waals surface area (Å²) < 4.78 is 15.8. The molecule has 4 heteroatoms. The molecule has 1 heterocycles. The third-order valence-electron chi connectivity index (χ3n) is 2.45. The average molecular weight is 229 g/mol. The molecule has 0 aromatic heterocycles. The molecule has 0 unspecified atom stereocenters. The molecule has 1 rings (SSSR count). The first-order chi connectivity index (χ1) is 7.93. The molecular formula is C12H23NO3. The Balaban J connectivity index is 1.82. The van der Waals surface area contributed by atoms with Crippen molar-refractivity contribution >= 4 is 0 Å². The van der Waals surface area contributed by atoms with Crippen molar-refractivity contribution in [2.24, 2.45) is 0 Å². The summed E-state index contributed by atoms with van der Waals surface area (Å²) in [7, 11) is 1.68. The summed E-state index contributed by atoms with van der Waals surface area (Å²) in [5.74, 6) is 0. The minimum atomic E-state index is 0.667. The van der Waals surface area contributed by atoms with E-state index < -0.39 is 0 Å². The van der Waals surface area contributed by atoms with Crippen LogP contribution < -0.4 is 5.32 Å². The van der Waals surface area contributed by atoms with Crippen LogP contribution in [0.25, 0.3) is 0 Å². The first-order valence-corrected chi connectivity index (χ1v) is 5.96. The third kappa shape index (κ3) is 6.95. The number of hydrogen-bond donors (Lipinski definition) is 1. The summed E-state index contributed by atoms with van der Waals surface area (Å²) >= 11 is 0. The summed E-state index contributed by atoms with van der Waals surface area (Å²) in [6.45, 7) is 5.71. The summed E-state index contributed by atoms with van der Waals surface area (Å²) in [4.78, 5) is 0. The Morgan fingerprint density at radius 1 is 1.19 bits per heavy atom. The molecule has 0 spiro atoms. The second kappa shape index (κ2) is 9.78. The molecule has 0 bridgehead atoms. The van der Waals surface area contributed by atoms with E-state index in [1.165, 1.54) is 5.57 Å². The van der Waals surface area contributed by atoms with E-state index in [9.17, 15) is 0 Å². The van der Waals surface area contributed by atoms with Gasteiger partial charge in [-0.2, -0.15) is 0 Å². The largest absolute Gasteiger partial charge is 0.382 e. The van der Waals surface area contributed by atoms with Crippen LogP contribution in [0.2, 0.25) is 0 Å². The highest BCUT2D eigenvalue weighted by Gasteiger charge is 2.02. The molecule has 0 atom stereocenters. The van der Waals surface area contributed by atoms with Crippen LogP contribution in [0.5, 0.6) is 0 Å². The van der Waals surface area contributed by atoms with Crippen LogP contribution in [0.1, 0.15) is 12.8 Å². The number of ether oxygens (including phenoxy) is 3. The Hall–Kier alpha value is -0.420. The smallest absolute Gasteiger partial charge is 0.0700 e. The van der Waals surface area contributed by atoms with Gasteiger partial charge in [-0.15, -0.1) is 0 Å². The molecular weight excluding hydrogens is 206 g/mol. The Bertz CT molecular complexity index is 195. The van der Waals surface area contributed by atoms with E-state index in [0.29, 0.717) is 13.2 Å². The number of methoxy groups -OCH3 is 1. The maximum atomic E-state index is 5.57. The van der Waals surface area contributed by atoms with Crippen LogP contribution in [-0.4, -0.2) is 53.2 Å². The zero-order valence-corrected chi connectivity index (χ0v) is 10.2. The molecule has 1 N–H and O–H groups in total. The summed E-state index contributed by atoms with van der Waals surface area (Å²) in [6, 6.07) is 0. The predicted octanol–water partition coefficient (Wildman–Crippen LogP) is 0.976. The first-order valence-electron chi connectivity index (χ1n) is 5.96. The zero-order valence-electron chi connectivity index (χ0n) is 10.2. The molecule has 0 saturated carbocycles. The van der Waals surface area contributed by atoms with Gasteiger partial charge in [0.25, 0.3) is 0 Å². The van der Waals surface area contributed by atoms with Crippen LogP contribution >= 0.6 is 0 Å². The zero-order chi connectivity index (χ0) is 11.5. The molecule has 16 heavy (non-hydrogen) atoms. The molecule has 0 aliphatic carbocycles. The van der Waals surface area contributed by atoms with E-state index in [1.807, 2.05) is 0 Å². The van der Waals surface area contributed by atoms with Crippen LogP contribution in [0, 0.1) is 0 Å². The standard InChI is InChI=1S/C12H23NO3/c1-14-9-10-15-7-2-8-16-11-12-3-5-13-6-4-12/h3,13H,2,4-11H2,1H3. The van der Waals surface area contributed by atoms with Crippen molar-refractivity contribution in [3.05, 3.63) is 11.6 Å². The van der Waals surface area contributed by atoms with Crippen LogP contribution in [-0.2, 0) is 14.2 Å². The van der Waals surface area contributed by atoms with E-state index in [2.05, 4.69) is 11.4 Å².